The molecule has 0 bridgehead atoms. The first-order valence-corrected chi connectivity index (χ1v) is 11.1. The number of fused-ring (bicyclic) bond motifs is 1. The van der Waals surface area contributed by atoms with Crippen molar-refractivity contribution in [2.75, 3.05) is 5.32 Å². The van der Waals surface area contributed by atoms with Crippen molar-refractivity contribution in [3.8, 4) is 11.1 Å². The second-order valence-corrected chi connectivity index (χ2v) is 9.03. The fraction of sp³-hybridized carbons (Fsp3) is 0.545. The molecule has 2 unspecified atom stereocenters. The van der Waals surface area contributed by atoms with Gasteiger partial charge in [-0.1, -0.05) is 24.9 Å². The normalized spacial score (nSPS) is 23.5. The van der Waals surface area contributed by atoms with Crippen molar-refractivity contribution in [3.05, 3.63) is 29.2 Å². The average molecular weight is 430 g/mol. The van der Waals surface area contributed by atoms with Gasteiger partial charge in [0.25, 0.3) is 0 Å². The topological polar surface area (TPSA) is 88.9 Å². The minimum absolute atomic E-state index is 0.0519. The molecule has 2 aromatic rings. The number of hydrogen-bond acceptors (Lipinski definition) is 4. The fourth-order valence-electron chi connectivity index (χ4n) is 4.61. The molecule has 0 radical (unpaired) electrons. The van der Waals surface area contributed by atoms with Crippen molar-refractivity contribution >= 4 is 29.2 Å². The molecule has 2 aliphatic rings. The number of rotatable bonds is 4. The minimum Gasteiger partial charge on any atom is -0.354 e. The second kappa shape index (κ2) is 8.76. The predicted octanol–water partition coefficient (Wildman–Crippen LogP) is 3.81. The molecule has 0 saturated heterocycles. The number of pyridine rings is 1. The standard InChI is InChI=1S/C22H28ClN5O2/c1-13-6-7-28-20(8-13)18(11-25-28)17-10-21(24-12-19(17)23)27-22(30)15-4-3-5-16(9-15)26-14(2)29/h10-13,15-16H,3-9H2,1-2H3,(H,26,29)(H,24,27,30)/t13?,15-,16?/m1/s1. The Labute approximate surface area is 181 Å². The molecule has 1 aliphatic carbocycles. The SMILES string of the molecule is CC(=O)NC1CCC[C@@H](C(=O)Nc2cc(-c3cnn4c3CC(C)CC4)c(Cl)cn2)C1. The smallest absolute Gasteiger partial charge is 0.228 e. The van der Waals surface area contributed by atoms with Crippen molar-refractivity contribution in [1.82, 2.24) is 20.1 Å². The quantitative estimate of drug-likeness (QED) is 0.773. The summed E-state index contributed by atoms with van der Waals surface area (Å²) in [5, 5.41) is 11.0. The van der Waals surface area contributed by atoms with E-state index in [1.54, 1.807) is 6.20 Å². The summed E-state index contributed by atoms with van der Waals surface area (Å²) >= 11 is 6.47. The lowest BCUT2D eigenvalue weighted by atomic mass is 9.85. The second-order valence-electron chi connectivity index (χ2n) is 8.63. The van der Waals surface area contributed by atoms with E-state index in [-0.39, 0.29) is 23.8 Å². The minimum atomic E-state index is -0.138. The van der Waals surface area contributed by atoms with Crippen LogP contribution in [0.25, 0.3) is 11.1 Å². The Kier molecular flexibility index (Phi) is 6.09. The lowest BCUT2D eigenvalue weighted by Crippen LogP contribution is -2.40. The molecule has 2 amide bonds. The molecule has 2 aromatic heterocycles. The monoisotopic (exact) mass is 429 g/mol. The summed E-state index contributed by atoms with van der Waals surface area (Å²) in [5.41, 5.74) is 3.04. The number of nitrogens with zero attached hydrogens (tertiary/aromatic N) is 3. The van der Waals surface area contributed by atoms with E-state index in [1.165, 1.54) is 12.6 Å². The number of amides is 2. The zero-order valence-electron chi connectivity index (χ0n) is 17.4. The molecule has 0 aromatic carbocycles. The number of anilines is 1. The maximum absolute atomic E-state index is 12.8. The Bertz CT molecular complexity index is 957. The van der Waals surface area contributed by atoms with E-state index in [2.05, 4.69) is 32.3 Å². The number of halogens is 1. The molecule has 160 valence electrons. The zero-order valence-corrected chi connectivity index (χ0v) is 18.2. The van der Waals surface area contributed by atoms with Gasteiger partial charge >= 0.3 is 0 Å². The van der Waals surface area contributed by atoms with Crippen LogP contribution in [-0.2, 0) is 22.6 Å². The molecule has 1 aliphatic heterocycles. The van der Waals surface area contributed by atoms with Crippen LogP contribution in [0.2, 0.25) is 5.02 Å². The largest absolute Gasteiger partial charge is 0.354 e. The van der Waals surface area contributed by atoms with Crippen molar-refractivity contribution in [2.24, 2.45) is 11.8 Å². The Morgan fingerprint density at radius 3 is 2.83 bits per heavy atom. The Morgan fingerprint density at radius 2 is 2.03 bits per heavy atom. The summed E-state index contributed by atoms with van der Waals surface area (Å²) in [7, 11) is 0. The summed E-state index contributed by atoms with van der Waals surface area (Å²) in [6.45, 7) is 4.68. The van der Waals surface area contributed by atoms with Crippen LogP contribution >= 0.6 is 11.6 Å². The number of aromatic nitrogens is 3. The Morgan fingerprint density at radius 1 is 1.20 bits per heavy atom. The molecule has 4 rings (SSSR count). The molecule has 2 N–H and O–H groups in total. The van der Waals surface area contributed by atoms with Gasteiger partial charge in [0.1, 0.15) is 5.82 Å². The van der Waals surface area contributed by atoms with Crippen LogP contribution in [0.3, 0.4) is 0 Å². The van der Waals surface area contributed by atoms with Gasteiger partial charge in [-0.15, -0.1) is 0 Å². The molecule has 0 spiro atoms. The van der Waals surface area contributed by atoms with E-state index in [0.29, 0.717) is 23.2 Å². The Balaban J connectivity index is 1.51. The van der Waals surface area contributed by atoms with Crippen LogP contribution in [0.1, 0.15) is 51.6 Å². The molecular formula is C22H28ClN5O2. The third-order valence-corrected chi connectivity index (χ3v) is 6.47. The van der Waals surface area contributed by atoms with E-state index < -0.39 is 0 Å². The van der Waals surface area contributed by atoms with Gasteiger partial charge in [0.2, 0.25) is 11.8 Å². The zero-order chi connectivity index (χ0) is 21.3. The maximum Gasteiger partial charge on any atom is 0.228 e. The van der Waals surface area contributed by atoms with Crippen LogP contribution in [-0.4, -0.2) is 32.6 Å². The van der Waals surface area contributed by atoms with E-state index in [4.69, 9.17) is 11.6 Å². The molecule has 30 heavy (non-hydrogen) atoms. The molecule has 1 fully saturated rings. The molecule has 7 nitrogen and oxygen atoms in total. The van der Waals surface area contributed by atoms with Crippen molar-refractivity contribution in [1.29, 1.82) is 0 Å². The molecular weight excluding hydrogens is 402 g/mol. The van der Waals surface area contributed by atoms with Crippen LogP contribution in [0, 0.1) is 11.8 Å². The molecule has 3 atom stereocenters. The van der Waals surface area contributed by atoms with Crippen molar-refractivity contribution in [3.63, 3.8) is 0 Å². The first-order valence-electron chi connectivity index (χ1n) is 10.7. The highest BCUT2D eigenvalue weighted by Crippen LogP contribution is 2.35. The van der Waals surface area contributed by atoms with Gasteiger partial charge in [-0.3, -0.25) is 14.3 Å². The van der Waals surface area contributed by atoms with Gasteiger partial charge in [0, 0.05) is 48.4 Å². The third-order valence-electron chi connectivity index (χ3n) is 6.17. The first kappa shape index (κ1) is 20.8. The lowest BCUT2D eigenvalue weighted by Gasteiger charge is -2.28. The van der Waals surface area contributed by atoms with E-state index >= 15 is 0 Å². The Hall–Kier alpha value is -2.41. The first-order chi connectivity index (χ1) is 14.4. The van der Waals surface area contributed by atoms with Crippen molar-refractivity contribution in [2.45, 2.75) is 65.0 Å². The van der Waals surface area contributed by atoms with Gasteiger partial charge in [-0.2, -0.15) is 5.10 Å². The van der Waals surface area contributed by atoms with Gasteiger partial charge in [-0.25, -0.2) is 4.98 Å². The molecule has 8 heteroatoms. The van der Waals surface area contributed by atoms with E-state index in [0.717, 1.165) is 49.8 Å². The van der Waals surface area contributed by atoms with Gasteiger partial charge in [-0.05, 0) is 44.1 Å². The van der Waals surface area contributed by atoms with E-state index in [1.807, 2.05) is 12.3 Å². The molecule has 1 saturated carbocycles. The number of aryl methyl sites for hydroxylation is 1. The van der Waals surface area contributed by atoms with Crippen LogP contribution in [0.15, 0.2) is 18.5 Å². The summed E-state index contributed by atoms with van der Waals surface area (Å²) in [6, 6.07) is 1.90. The van der Waals surface area contributed by atoms with Gasteiger partial charge < -0.3 is 10.6 Å². The summed E-state index contributed by atoms with van der Waals surface area (Å²) in [6.07, 6.45) is 8.84. The van der Waals surface area contributed by atoms with Crippen LogP contribution in [0.5, 0.6) is 0 Å². The highest BCUT2D eigenvalue weighted by molar-refractivity contribution is 6.33. The summed E-state index contributed by atoms with van der Waals surface area (Å²) in [4.78, 5) is 28.5. The van der Waals surface area contributed by atoms with Crippen LogP contribution < -0.4 is 10.6 Å². The highest BCUT2D eigenvalue weighted by atomic mass is 35.5. The number of carbonyl (C=O) groups excluding carboxylic acids is 2. The summed E-state index contributed by atoms with van der Waals surface area (Å²) in [5.74, 6) is 0.849. The number of carbonyl (C=O) groups is 2. The third kappa shape index (κ3) is 4.51. The van der Waals surface area contributed by atoms with E-state index in [9.17, 15) is 9.59 Å². The molecule has 3 heterocycles. The number of nitrogens with one attached hydrogen (secondary N) is 2. The van der Waals surface area contributed by atoms with Crippen LogP contribution in [0.4, 0.5) is 5.82 Å². The fourth-order valence-corrected chi connectivity index (χ4v) is 4.81. The van der Waals surface area contributed by atoms with Gasteiger partial charge in [0.15, 0.2) is 0 Å². The predicted molar refractivity (Wildman–Crippen MR) is 116 cm³/mol. The van der Waals surface area contributed by atoms with Gasteiger partial charge in [0.05, 0.1) is 11.2 Å². The number of hydrogen-bond donors (Lipinski definition) is 2. The highest BCUT2D eigenvalue weighted by Gasteiger charge is 2.28. The maximum atomic E-state index is 12.8. The average Bonchev–Trinajstić information content (AvgIpc) is 3.12. The summed E-state index contributed by atoms with van der Waals surface area (Å²) < 4.78 is 2.05. The van der Waals surface area contributed by atoms with Crippen molar-refractivity contribution < 1.29 is 9.59 Å². The lowest BCUT2D eigenvalue weighted by molar-refractivity contribution is -0.123.